The lowest BCUT2D eigenvalue weighted by Gasteiger charge is -2.06. The molecule has 1 N–H and O–H groups in total. The van der Waals surface area contributed by atoms with Gasteiger partial charge in [-0.15, -0.1) is 0 Å². The third-order valence-corrected chi connectivity index (χ3v) is 1.96. The van der Waals surface area contributed by atoms with E-state index in [9.17, 15) is 9.59 Å². The number of esters is 1. The highest BCUT2D eigenvalue weighted by Gasteiger charge is 2.06. The molecule has 0 aromatic heterocycles. The van der Waals surface area contributed by atoms with Crippen molar-refractivity contribution in [2.24, 2.45) is 0 Å². The van der Waals surface area contributed by atoms with Crippen molar-refractivity contribution in [3.8, 4) is 0 Å². The minimum Gasteiger partial charge on any atom is -0.454 e. The molecule has 0 aliphatic rings. The Labute approximate surface area is 99.7 Å². The summed E-state index contributed by atoms with van der Waals surface area (Å²) in [5.74, 6) is -0.888. The normalized spacial score (nSPS) is 9.71. The number of hydrogen-bond acceptors (Lipinski definition) is 4. The van der Waals surface area contributed by atoms with Crippen LogP contribution in [0.3, 0.4) is 0 Å². The van der Waals surface area contributed by atoms with E-state index in [4.69, 9.17) is 0 Å². The van der Waals surface area contributed by atoms with Crippen LogP contribution in [0, 0.1) is 0 Å². The van der Waals surface area contributed by atoms with Gasteiger partial charge in [-0.3, -0.25) is 4.79 Å². The van der Waals surface area contributed by atoms with Crippen LogP contribution in [0.2, 0.25) is 0 Å². The molecule has 0 aliphatic carbocycles. The molecule has 0 fully saturated rings. The second kappa shape index (κ2) is 7.40. The van der Waals surface area contributed by atoms with E-state index in [1.807, 2.05) is 30.3 Å². The minimum atomic E-state index is -0.553. The van der Waals surface area contributed by atoms with E-state index in [0.717, 1.165) is 5.56 Å². The van der Waals surface area contributed by atoms with Crippen LogP contribution in [0.15, 0.2) is 30.3 Å². The lowest BCUT2D eigenvalue weighted by Crippen LogP contribution is -2.29. The fraction of sp³-hybridized carbons (Fsp3) is 0.333. The smallest absolute Gasteiger partial charge is 0.332 e. The molecule has 92 valence electrons. The van der Waals surface area contributed by atoms with Crippen LogP contribution >= 0.6 is 0 Å². The zero-order valence-electron chi connectivity index (χ0n) is 9.64. The quantitative estimate of drug-likeness (QED) is 0.731. The molecule has 0 spiro atoms. The van der Waals surface area contributed by atoms with Gasteiger partial charge in [-0.25, -0.2) is 4.79 Å². The maximum absolute atomic E-state index is 11.3. The van der Waals surface area contributed by atoms with Gasteiger partial charge in [-0.1, -0.05) is 30.3 Å². The van der Waals surface area contributed by atoms with Gasteiger partial charge in [0.05, 0.1) is 0 Å². The summed E-state index contributed by atoms with van der Waals surface area (Å²) in [5.41, 5.74) is 0.990. The number of carbonyl (C=O) groups excluding carboxylic acids is 2. The Morgan fingerprint density at radius 3 is 2.53 bits per heavy atom. The van der Waals surface area contributed by atoms with Gasteiger partial charge in [0, 0.05) is 13.7 Å². The van der Waals surface area contributed by atoms with Crippen molar-refractivity contribution in [3.63, 3.8) is 0 Å². The first kappa shape index (κ1) is 13.2. The van der Waals surface area contributed by atoms with Crippen molar-refractivity contribution in [1.82, 2.24) is 5.32 Å². The molecule has 0 radical (unpaired) electrons. The van der Waals surface area contributed by atoms with Crippen LogP contribution in [0.5, 0.6) is 0 Å². The van der Waals surface area contributed by atoms with Gasteiger partial charge >= 0.3 is 5.97 Å². The first-order valence-electron chi connectivity index (χ1n) is 5.17. The van der Waals surface area contributed by atoms with E-state index in [-0.39, 0.29) is 19.1 Å². The molecule has 0 atom stereocenters. The summed E-state index contributed by atoms with van der Waals surface area (Å²) >= 11 is 0. The molecule has 5 heteroatoms. The largest absolute Gasteiger partial charge is 0.454 e. The number of ether oxygens (including phenoxy) is 2. The lowest BCUT2D eigenvalue weighted by atomic mass is 10.2. The maximum Gasteiger partial charge on any atom is 0.332 e. The number of amides is 1. The average molecular weight is 237 g/mol. The molecule has 17 heavy (non-hydrogen) atoms. The van der Waals surface area contributed by atoms with Crippen molar-refractivity contribution in [1.29, 1.82) is 0 Å². The number of methoxy groups -OCH3 is 1. The monoisotopic (exact) mass is 237 g/mol. The SMILES string of the molecule is COCC(=O)OCC(=O)NCc1ccccc1. The number of carbonyl (C=O) groups is 2. The van der Waals surface area contributed by atoms with Crippen molar-refractivity contribution in [2.45, 2.75) is 6.54 Å². The predicted octanol–water partition coefficient (Wildman–Crippen LogP) is 0.492. The van der Waals surface area contributed by atoms with Gasteiger partial charge in [0.2, 0.25) is 0 Å². The number of benzene rings is 1. The summed E-state index contributed by atoms with van der Waals surface area (Å²) in [5, 5.41) is 2.64. The molecule has 1 amide bonds. The van der Waals surface area contributed by atoms with Crippen molar-refractivity contribution >= 4 is 11.9 Å². The number of rotatable bonds is 6. The standard InChI is InChI=1S/C12H15NO4/c1-16-9-12(15)17-8-11(14)13-7-10-5-3-2-4-6-10/h2-6H,7-9H2,1H3,(H,13,14). The highest BCUT2D eigenvalue weighted by molar-refractivity contribution is 5.80. The van der Waals surface area contributed by atoms with Gasteiger partial charge in [-0.2, -0.15) is 0 Å². The highest BCUT2D eigenvalue weighted by atomic mass is 16.6. The first-order valence-corrected chi connectivity index (χ1v) is 5.17. The van der Waals surface area contributed by atoms with Crippen molar-refractivity contribution in [2.75, 3.05) is 20.3 Å². The Bertz CT molecular complexity index is 364. The minimum absolute atomic E-state index is 0.147. The van der Waals surface area contributed by atoms with Crippen LogP contribution in [-0.2, 0) is 25.6 Å². The Morgan fingerprint density at radius 2 is 1.88 bits per heavy atom. The van der Waals surface area contributed by atoms with E-state index in [1.165, 1.54) is 7.11 Å². The Morgan fingerprint density at radius 1 is 1.18 bits per heavy atom. The van der Waals surface area contributed by atoms with Crippen LogP contribution in [0.25, 0.3) is 0 Å². The van der Waals surface area contributed by atoms with Crippen LogP contribution in [0.1, 0.15) is 5.56 Å². The molecule has 1 aromatic carbocycles. The maximum atomic E-state index is 11.3. The molecule has 0 unspecified atom stereocenters. The van der Waals surface area contributed by atoms with E-state index in [2.05, 4.69) is 14.8 Å². The molecule has 1 rings (SSSR count). The molecule has 0 saturated carbocycles. The molecule has 1 aromatic rings. The van der Waals surface area contributed by atoms with E-state index < -0.39 is 5.97 Å². The molecular weight excluding hydrogens is 222 g/mol. The van der Waals surface area contributed by atoms with Crippen LogP contribution < -0.4 is 5.32 Å². The Kier molecular flexibility index (Phi) is 5.74. The summed E-state index contributed by atoms with van der Waals surface area (Å²) in [6.45, 7) is -0.0114. The number of hydrogen-bond donors (Lipinski definition) is 1. The second-order valence-corrected chi connectivity index (χ2v) is 3.36. The summed E-state index contributed by atoms with van der Waals surface area (Å²) in [6.07, 6.45) is 0. The number of nitrogens with one attached hydrogen (secondary N) is 1. The summed E-state index contributed by atoms with van der Waals surface area (Å²) < 4.78 is 9.22. The Hall–Kier alpha value is -1.88. The average Bonchev–Trinajstić information content (AvgIpc) is 2.35. The van der Waals surface area contributed by atoms with Gasteiger partial charge < -0.3 is 14.8 Å². The van der Waals surface area contributed by atoms with E-state index in [1.54, 1.807) is 0 Å². The first-order chi connectivity index (χ1) is 8.22. The summed E-state index contributed by atoms with van der Waals surface area (Å²) in [4.78, 5) is 22.2. The predicted molar refractivity (Wildman–Crippen MR) is 61.1 cm³/mol. The topological polar surface area (TPSA) is 64.6 Å². The fourth-order valence-electron chi connectivity index (χ4n) is 1.15. The van der Waals surface area contributed by atoms with E-state index >= 15 is 0 Å². The molecule has 0 aliphatic heterocycles. The Balaban J connectivity index is 2.20. The van der Waals surface area contributed by atoms with Gasteiger partial charge in [0.25, 0.3) is 5.91 Å². The van der Waals surface area contributed by atoms with Gasteiger partial charge in [0.15, 0.2) is 6.61 Å². The van der Waals surface area contributed by atoms with Crippen molar-refractivity contribution < 1.29 is 19.1 Å². The fourth-order valence-corrected chi connectivity index (χ4v) is 1.15. The molecule has 0 heterocycles. The zero-order valence-corrected chi connectivity index (χ0v) is 9.64. The van der Waals surface area contributed by atoms with Gasteiger partial charge in [-0.05, 0) is 5.56 Å². The highest BCUT2D eigenvalue weighted by Crippen LogP contribution is 1.96. The second-order valence-electron chi connectivity index (χ2n) is 3.36. The third-order valence-electron chi connectivity index (χ3n) is 1.96. The molecule has 0 bridgehead atoms. The molecular formula is C12H15NO4. The van der Waals surface area contributed by atoms with Gasteiger partial charge in [0.1, 0.15) is 6.61 Å². The van der Waals surface area contributed by atoms with Crippen molar-refractivity contribution in [3.05, 3.63) is 35.9 Å². The third kappa shape index (κ3) is 5.67. The van der Waals surface area contributed by atoms with E-state index in [0.29, 0.717) is 6.54 Å². The molecule has 0 saturated heterocycles. The lowest BCUT2D eigenvalue weighted by molar-refractivity contribution is -0.152. The van der Waals surface area contributed by atoms with Crippen LogP contribution in [-0.4, -0.2) is 32.2 Å². The summed E-state index contributed by atoms with van der Waals surface area (Å²) in [7, 11) is 1.39. The summed E-state index contributed by atoms with van der Waals surface area (Å²) in [6, 6.07) is 9.48. The zero-order chi connectivity index (χ0) is 12.5. The molecule has 5 nitrogen and oxygen atoms in total. The van der Waals surface area contributed by atoms with Crippen LogP contribution in [0.4, 0.5) is 0 Å².